The van der Waals surface area contributed by atoms with Crippen LogP contribution in [0.15, 0.2) is 23.4 Å². The van der Waals surface area contributed by atoms with E-state index in [9.17, 15) is 5.11 Å². The third kappa shape index (κ3) is 2.11. The van der Waals surface area contributed by atoms with Crippen LogP contribution in [-0.4, -0.2) is 21.1 Å². The van der Waals surface area contributed by atoms with Crippen molar-refractivity contribution in [3.63, 3.8) is 0 Å². The van der Waals surface area contributed by atoms with Gasteiger partial charge in [0.05, 0.1) is 5.71 Å². The van der Waals surface area contributed by atoms with Gasteiger partial charge in [0.1, 0.15) is 0 Å². The molecule has 0 amide bonds. The summed E-state index contributed by atoms with van der Waals surface area (Å²) >= 11 is 0. The molecule has 0 atom stereocenters. The molecule has 0 fully saturated rings. The summed E-state index contributed by atoms with van der Waals surface area (Å²) in [5, 5.41) is 29.9. The Balaban J connectivity index is 2.96. The van der Waals surface area contributed by atoms with E-state index in [2.05, 4.69) is 5.16 Å². The van der Waals surface area contributed by atoms with E-state index in [1.807, 2.05) is 0 Å². The van der Waals surface area contributed by atoms with Gasteiger partial charge in [0, 0.05) is 12.0 Å². The summed E-state index contributed by atoms with van der Waals surface area (Å²) in [6.07, 6.45) is 0.316. The zero-order valence-electron chi connectivity index (χ0n) is 7.23. The molecule has 1 aromatic rings. The number of benzene rings is 1. The van der Waals surface area contributed by atoms with Crippen LogP contribution in [0.25, 0.3) is 0 Å². The number of rotatable bonds is 2. The number of phenolic OH excluding ortho intramolecular Hbond substituents is 2. The summed E-state index contributed by atoms with van der Waals surface area (Å²) in [5.41, 5.74) is 1.01. The van der Waals surface area contributed by atoms with Crippen LogP contribution in [0, 0.1) is 0 Å². The Hall–Kier alpha value is -1.71. The van der Waals surface area contributed by atoms with Gasteiger partial charge in [-0.3, -0.25) is 0 Å². The molecule has 4 heteroatoms. The molecule has 0 aliphatic heterocycles. The van der Waals surface area contributed by atoms with E-state index in [1.54, 1.807) is 19.1 Å². The Bertz CT molecular complexity index is 334. The summed E-state index contributed by atoms with van der Waals surface area (Å²) in [5.74, 6) is -0.325. The molecule has 13 heavy (non-hydrogen) atoms. The highest BCUT2D eigenvalue weighted by Crippen LogP contribution is 2.28. The van der Waals surface area contributed by atoms with Crippen LogP contribution in [0.5, 0.6) is 11.5 Å². The number of aromatic hydroxyl groups is 2. The minimum absolute atomic E-state index is 0.162. The summed E-state index contributed by atoms with van der Waals surface area (Å²) in [7, 11) is 0. The van der Waals surface area contributed by atoms with Gasteiger partial charge in [-0.25, -0.2) is 0 Å². The van der Waals surface area contributed by atoms with Crippen LogP contribution in [0.3, 0.4) is 0 Å². The van der Waals surface area contributed by atoms with E-state index in [1.165, 1.54) is 6.07 Å². The second-order valence-corrected chi connectivity index (χ2v) is 2.80. The fourth-order valence-corrected chi connectivity index (χ4v) is 1.03. The van der Waals surface area contributed by atoms with Crippen molar-refractivity contribution in [2.24, 2.45) is 5.16 Å². The average molecular weight is 181 g/mol. The number of nitrogens with zero attached hydrogens (tertiary/aromatic N) is 1. The molecule has 0 aliphatic carbocycles. The van der Waals surface area contributed by atoms with Gasteiger partial charge >= 0.3 is 0 Å². The van der Waals surface area contributed by atoms with Crippen LogP contribution < -0.4 is 0 Å². The molecule has 4 nitrogen and oxygen atoms in total. The molecular formula is C9H11NO3. The molecule has 1 aromatic carbocycles. The van der Waals surface area contributed by atoms with Crippen molar-refractivity contribution in [2.45, 2.75) is 13.3 Å². The predicted octanol–water partition coefficient (Wildman–Crippen LogP) is 1.49. The molecule has 0 unspecified atom stereocenters. The highest BCUT2D eigenvalue weighted by atomic mass is 16.4. The van der Waals surface area contributed by atoms with E-state index in [-0.39, 0.29) is 11.5 Å². The first-order chi connectivity index (χ1) is 6.15. The van der Waals surface area contributed by atoms with Crippen molar-refractivity contribution in [3.05, 3.63) is 23.8 Å². The van der Waals surface area contributed by atoms with E-state index in [4.69, 9.17) is 10.3 Å². The van der Waals surface area contributed by atoms with Gasteiger partial charge in [-0.05, 0) is 13.0 Å². The smallest absolute Gasteiger partial charge is 0.161 e. The maximum absolute atomic E-state index is 9.36. The van der Waals surface area contributed by atoms with E-state index in [0.29, 0.717) is 17.7 Å². The first-order valence-corrected chi connectivity index (χ1v) is 3.82. The Morgan fingerprint density at radius 1 is 1.38 bits per heavy atom. The molecule has 0 saturated heterocycles. The minimum atomic E-state index is -0.164. The van der Waals surface area contributed by atoms with Crippen LogP contribution in [0.1, 0.15) is 12.5 Å². The Morgan fingerprint density at radius 2 is 2.08 bits per heavy atom. The normalized spacial score (nSPS) is 11.6. The van der Waals surface area contributed by atoms with Gasteiger partial charge in [0.25, 0.3) is 0 Å². The molecule has 0 spiro atoms. The molecule has 0 aromatic heterocycles. The van der Waals surface area contributed by atoms with E-state index >= 15 is 0 Å². The molecule has 0 bridgehead atoms. The van der Waals surface area contributed by atoms with Crippen molar-refractivity contribution in [2.75, 3.05) is 0 Å². The molecule has 0 heterocycles. The number of para-hydroxylation sites is 1. The van der Waals surface area contributed by atoms with Gasteiger partial charge in [0.15, 0.2) is 11.5 Å². The second-order valence-electron chi connectivity index (χ2n) is 2.80. The van der Waals surface area contributed by atoms with Gasteiger partial charge in [0.2, 0.25) is 0 Å². The summed E-state index contributed by atoms with van der Waals surface area (Å²) in [4.78, 5) is 0. The molecule has 0 aliphatic rings. The van der Waals surface area contributed by atoms with Gasteiger partial charge in [-0.2, -0.15) is 0 Å². The van der Waals surface area contributed by atoms with Crippen LogP contribution in [0.2, 0.25) is 0 Å². The quantitative estimate of drug-likeness (QED) is 0.280. The Labute approximate surface area is 75.8 Å². The fourth-order valence-electron chi connectivity index (χ4n) is 1.03. The number of phenols is 2. The third-order valence-corrected chi connectivity index (χ3v) is 1.72. The lowest BCUT2D eigenvalue weighted by atomic mass is 10.1. The highest BCUT2D eigenvalue weighted by molar-refractivity contribution is 5.84. The molecule has 0 saturated carbocycles. The first-order valence-electron chi connectivity index (χ1n) is 3.82. The van der Waals surface area contributed by atoms with Gasteiger partial charge < -0.3 is 15.4 Å². The van der Waals surface area contributed by atoms with Crippen LogP contribution in [0.4, 0.5) is 0 Å². The van der Waals surface area contributed by atoms with E-state index in [0.717, 1.165) is 0 Å². The maximum atomic E-state index is 9.36. The van der Waals surface area contributed by atoms with Crippen molar-refractivity contribution in [1.29, 1.82) is 0 Å². The van der Waals surface area contributed by atoms with Crippen molar-refractivity contribution in [1.82, 2.24) is 0 Å². The topological polar surface area (TPSA) is 73.0 Å². The first kappa shape index (κ1) is 9.38. The molecule has 0 radical (unpaired) electrons. The van der Waals surface area contributed by atoms with Crippen LogP contribution >= 0.6 is 0 Å². The van der Waals surface area contributed by atoms with Crippen molar-refractivity contribution in [3.8, 4) is 11.5 Å². The summed E-state index contributed by atoms with van der Waals surface area (Å²) in [6, 6.07) is 4.67. The largest absolute Gasteiger partial charge is 0.504 e. The Kier molecular flexibility index (Phi) is 2.74. The standard InChI is InChI=1S/C9H11NO3/c1-6(10-13)5-7-3-2-4-8(11)9(7)12/h2-4,11-13H,5H2,1H3/b10-6+. The van der Waals surface area contributed by atoms with Crippen LogP contribution in [-0.2, 0) is 6.42 Å². The monoisotopic (exact) mass is 181 g/mol. The predicted molar refractivity (Wildman–Crippen MR) is 48.4 cm³/mol. The lowest BCUT2D eigenvalue weighted by Gasteiger charge is -2.04. The lowest BCUT2D eigenvalue weighted by molar-refractivity contribution is 0.317. The Morgan fingerprint density at radius 3 is 2.69 bits per heavy atom. The zero-order chi connectivity index (χ0) is 9.84. The molecular weight excluding hydrogens is 170 g/mol. The van der Waals surface area contributed by atoms with Crippen molar-refractivity contribution < 1.29 is 15.4 Å². The highest BCUT2D eigenvalue weighted by Gasteiger charge is 2.06. The molecule has 70 valence electrons. The number of hydrogen-bond acceptors (Lipinski definition) is 4. The SMILES string of the molecule is C/C(Cc1cccc(O)c1O)=N\O. The fraction of sp³-hybridized carbons (Fsp3) is 0.222. The summed E-state index contributed by atoms with van der Waals surface area (Å²) < 4.78 is 0. The van der Waals surface area contributed by atoms with Gasteiger partial charge in [-0.1, -0.05) is 17.3 Å². The van der Waals surface area contributed by atoms with Gasteiger partial charge in [-0.15, -0.1) is 0 Å². The average Bonchev–Trinajstić information content (AvgIpc) is 2.13. The second kappa shape index (κ2) is 3.80. The summed E-state index contributed by atoms with van der Waals surface area (Å²) in [6.45, 7) is 1.63. The lowest BCUT2D eigenvalue weighted by Crippen LogP contribution is -1.97. The minimum Gasteiger partial charge on any atom is -0.504 e. The molecule has 1 rings (SSSR count). The number of hydrogen-bond donors (Lipinski definition) is 3. The molecule has 3 N–H and O–H groups in total. The number of oxime groups is 1. The maximum Gasteiger partial charge on any atom is 0.161 e. The van der Waals surface area contributed by atoms with Crippen molar-refractivity contribution >= 4 is 5.71 Å². The van der Waals surface area contributed by atoms with E-state index < -0.39 is 0 Å². The third-order valence-electron chi connectivity index (χ3n) is 1.72. The zero-order valence-corrected chi connectivity index (χ0v) is 7.23.